The third-order valence-corrected chi connectivity index (χ3v) is 4.83. The molecule has 5 aromatic rings. The molecule has 2 aromatic carbocycles. The number of aromatic nitrogens is 3. The summed E-state index contributed by atoms with van der Waals surface area (Å²) in [4.78, 5) is 8.00. The summed E-state index contributed by atoms with van der Waals surface area (Å²) >= 11 is 0. The molecule has 0 saturated heterocycles. The van der Waals surface area contributed by atoms with Crippen LogP contribution >= 0.6 is 0 Å². The number of nitrogens with one attached hydrogen (secondary N) is 1. The van der Waals surface area contributed by atoms with Crippen LogP contribution in [0.1, 0.15) is 25.0 Å². The zero-order chi connectivity index (χ0) is 21.1. The van der Waals surface area contributed by atoms with Crippen LogP contribution < -0.4 is 0 Å². The highest BCUT2D eigenvalue weighted by Gasteiger charge is 2.08. The Morgan fingerprint density at radius 3 is 2.27 bits per heavy atom. The molecule has 0 saturated carbocycles. The normalized spacial score (nSPS) is 10.3. The molecule has 0 fully saturated rings. The summed E-state index contributed by atoms with van der Waals surface area (Å²) < 4.78 is 1.91. The lowest BCUT2D eigenvalue weighted by Gasteiger charge is -2.00. The fourth-order valence-corrected chi connectivity index (χ4v) is 3.36. The van der Waals surface area contributed by atoms with E-state index in [1.54, 1.807) is 12.1 Å². The van der Waals surface area contributed by atoms with Gasteiger partial charge in [0.25, 0.3) is 0 Å². The average molecular weight is 389 g/mol. The first kappa shape index (κ1) is 19.0. The molecule has 5 rings (SSSR count). The van der Waals surface area contributed by atoms with Gasteiger partial charge in [-0.25, -0.2) is 4.98 Å². The summed E-state index contributed by atoms with van der Waals surface area (Å²) in [5.74, 6) is 0. The largest absolute Gasteiger partial charge is 0.354 e. The molecule has 0 bridgehead atoms. The molecular formula is C25H19N5. The predicted molar refractivity (Wildman–Crippen MR) is 119 cm³/mol. The summed E-state index contributed by atoms with van der Waals surface area (Å²) in [5, 5.41) is 19.2. The van der Waals surface area contributed by atoms with Crippen molar-refractivity contribution < 1.29 is 0 Å². The van der Waals surface area contributed by atoms with E-state index in [4.69, 9.17) is 10.5 Å². The molecular weight excluding hydrogens is 370 g/mol. The van der Waals surface area contributed by atoms with Gasteiger partial charge in [0.2, 0.25) is 0 Å². The van der Waals surface area contributed by atoms with Crippen LogP contribution in [0.5, 0.6) is 0 Å². The molecule has 0 aliphatic heterocycles. The minimum atomic E-state index is 0.596. The van der Waals surface area contributed by atoms with Gasteiger partial charge in [-0.15, -0.1) is 0 Å². The Hall–Kier alpha value is -4.35. The number of H-pyrrole nitrogens is 1. The van der Waals surface area contributed by atoms with Gasteiger partial charge in [-0.2, -0.15) is 10.5 Å². The quantitative estimate of drug-likeness (QED) is 0.407. The van der Waals surface area contributed by atoms with Crippen LogP contribution in [0.2, 0.25) is 0 Å². The Kier molecular flexibility index (Phi) is 5.03. The molecule has 3 aromatic heterocycles. The van der Waals surface area contributed by atoms with Crippen molar-refractivity contribution in [2.75, 3.05) is 0 Å². The predicted octanol–water partition coefficient (Wildman–Crippen LogP) is 5.92. The number of aromatic amines is 1. The number of imidazole rings is 1. The van der Waals surface area contributed by atoms with Gasteiger partial charge < -0.3 is 9.38 Å². The lowest BCUT2D eigenvalue weighted by molar-refractivity contribution is 1.18. The zero-order valence-corrected chi connectivity index (χ0v) is 16.7. The molecule has 0 spiro atoms. The van der Waals surface area contributed by atoms with Gasteiger partial charge in [-0.3, -0.25) is 0 Å². The van der Waals surface area contributed by atoms with Gasteiger partial charge >= 0.3 is 0 Å². The van der Waals surface area contributed by atoms with E-state index in [-0.39, 0.29) is 0 Å². The molecule has 0 unspecified atom stereocenters. The van der Waals surface area contributed by atoms with Crippen LogP contribution in [-0.2, 0) is 0 Å². The van der Waals surface area contributed by atoms with Gasteiger partial charge in [0.1, 0.15) is 5.65 Å². The first-order valence-electron chi connectivity index (χ1n) is 9.76. The Morgan fingerprint density at radius 1 is 0.833 bits per heavy atom. The molecule has 0 atom stereocenters. The van der Waals surface area contributed by atoms with Crippen LogP contribution in [0.25, 0.3) is 39.1 Å². The molecule has 30 heavy (non-hydrogen) atoms. The van der Waals surface area contributed by atoms with E-state index in [0.29, 0.717) is 11.1 Å². The summed E-state index contributed by atoms with van der Waals surface area (Å²) in [6.45, 7) is 4.00. The fraction of sp³-hybridized carbons (Fsp3) is 0.0800. The Morgan fingerprint density at radius 2 is 1.53 bits per heavy atom. The SMILES string of the molecule is CC.N#Cc1ccc2cc(-c3ccc(-c4cn5ccc(C#N)cc5n4)cc3)[nH]c2c1. The van der Waals surface area contributed by atoms with E-state index in [0.717, 1.165) is 39.1 Å². The van der Waals surface area contributed by atoms with E-state index < -0.39 is 0 Å². The molecule has 144 valence electrons. The lowest BCUT2D eigenvalue weighted by Crippen LogP contribution is -1.82. The minimum absolute atomic E-state index is 0.596. The molecule has 3 heterocycles. The highest BCUT2D eigenvalue weighted by atomic mass is 15.0. The van der Waals surface area contributed by atoms with E-state index in [1.165, 1.54) is 0 Å². The standard InChI is InChI=1S/C23H13N5.C2H6/c24-12-15-1-2-19-11-21(26-20(19)9-15)17-3-5-18(6-4-17)22-14-28-8-7-16(13-25)10-23(28)27-22;1-2/h1-11,14,26H;1-2H3. The highest BCUT2D eigenvalue weighted by Crippen LogP contribution is 2.27. The lowest BCUT2D eigenvalue weighted by atomic mass is 10.1. The van der Waals surface area contributed by atoms with Crippen molar-refractivity contribution in [2.45, 2.75) is 13.8 Å². The maximum Gasteiger partial charge on any atom is 0.138 e. The Bertz CT molecular complexity index is 1310. The number of nitrogens with zero attached hydrogens (tertiary/aromatic N) is 4. The minimum Gasteiger partial charge on any atom is -0.354 e. The average Bonchev–Trinajstić information content (AvgIpc) is 3.43. The summed E-state index contributed by atoms with van der Waals surface area (Å²) in [6.07, 6.45) is 3.80. The number of hydrogen-bond donors (Lipinski definition) is 1. The third kappa shape index (κ3) is 3.41. The Labute approximate surface area is 174 Å². The van der Waals surface area contributed by atoms with Crippen molar-refractivity contribution in [2.24, 2.45) is 0 Å². The number of rotatable bonds is 2. The number of hydrogen-bond acceptors (Lipinski definition) is 3. The molecule has 5 heteroatoms. The molecule has 0 radical (unpaired) electrons. The summed E-state index contributed by atoms with van der Waals surface area (Å²) in [5.41, 5.74) is 6.87. The second kappa shape index (κ2) is 7.95. The van der Waals surface area contributed by atoms with E-state index in [2.05, 4.69) is 40.3 Å². The first-order valence-corrected chi connectivity index (χ1v) is 9.76. The van der Waals surface area contributed by atoms with E-state index in [1.807, 2.05) is 61.0 Å². The van der Waals surface area contributed by atoms with E-state index >= 15 is 0 Å². The molecule has 1 N–H and O–H groups in total. The van der Waals surface area contributed by atoms with E-state index in [9.17, 15) is 0 Å². The molecule has 0 amide bonds. The second-order valence-corrected chi connectivity index (χ2v) is 6.59. The van der Waals surface area contributed by atoms with Gasteiger partial charge in [0, 0.05) is 34.6 Å². The van der Waals surface area contributed by atoms with Crippen molar-refractivity contribution in [3.63, 3.8) is 0 Å². The van der Waals surface area contributed by atoms with Crippen LogP contribution in [0.3, 0.4) is 0 Å². The van der Waals surface area contributed by atoms with Gasteiger partial charge in [-0.05, 0) is 35.9 Å². The molecule has 0 aliphatic carbocycles. The number of benzene rings is 2. The van der Waals surface area contributed by atoms with Crippen molar-refractivity contribution in [1.29, 1.82) is 10.5 Å². The third-order valence-electron chi connectivity index (χ3n) is 4.83. The molecule has 5 nitrogen and oxygen atoms in total. The van der Waals surface area contributed by atoms with Crippen molar-refractivity contribution >= 4 is 16.6 Å². The Balaban J connectivity index is 0.00000106. The molecule has 0 aliphatic rings. The maximum absolute atomic E-state index is 9.05. The monoisotopic (exact) mass is 389 g/mol. The van der Waals surface area contributed by atoms with Crippen LogP contribution in [-0.4, -0.2) is 14.4 Å². The highest BCUT2D eigenvalue weighted by molar-refractivity contribution is 5.87. The van der Waals surface area contributed by atoms with Crippen LogP contribution in [0, 0.1) is 22.7 Å². The zero-order valence-electron chi connectivity index (χ0n) is 16.7. The summed E-state index contributed by atoms with van der Waals surface area (Å²) in [6, 6.07) is 23.7. The topological polar surface area (TPSA) is 80.7 Å². The van der Waals surface area contributed by atoms with Gasteiger partial charge in [0.05, 0.1) is 29.0 Å². The first-order chi connectivity index (χ1) is 14.7. The van der Waals surface area contributed by atoms with Crippen LogP contribution in [0.4, 0.5) is 0 Å². The number of nitriles is 2. The van der Waals surface area contributed by atoms with Crippen LogP contribution in [0.15, 0.2) is 73.1 Å². The van der Waals surface area contributed by atoms with Crippen molar-refractivity contribution in [3.05, 3.63) is 84.2 Å². The number of fused-ring (bicyclic) bond motifs is 2. The number of pyridine rings is 1. The van der Waals surface area contributed by atoms with Crippen molar-refractivity contribution in [3.8, 4) is 34.7 Å². The fourth-order valence-electron chi connectivity index (χ4n) is 3.36. The van der Waals surface area contributed by atoms with Gasteiger partial charge in [0.15, 0.2) is 0 Å². The smallest absolute Gasteiger partial charge is 0.138 e. The van der Waals surface area contributed by atoms with Gasteiger partial charge in [-0.1, -0.05) is 44.2 Å². The van der Waals surface area contributed by atoms with Crippen molar-refractivity contribution in [1.82, 2.24) is 14.4 Å². The summed E-state index contributed by atoms with van der Waals surface area (Å²) in [7, 11) is 0. The second-order valence-electron chi connectivity index (χ2n) is 6.59. The maximum atomic E-state index is 9.05.